The molecule has 3 aromatic rings. The second-order valence-electron chi connectivity index (χ2n) is 8.30. The molecule has 7 nitrogen and oxygen atoms in total. The molecule has 1 amide bonds. The third-order valence-corrected chi connectivity index (χ3v) is 8.18. The topological polar surface area (TPSA) is 91.4 Å². The quantitative estimate of drug-likeness (QED) is 0.510. The number of thiazole rings is 1. The van der Waals surface area contributed by atoms with Crippen molar-refractivity contribution >= 4 is 32.4 Å². The number of benzene rings is 2. The average molecular weight is 485 g/mol. The number of carbonyl (C=O) groups excluding carboxylic acids is 1. The zero-order valence-electron chi connectivity index (χ0n) is 18.8. The molecule has 1 aliphatic heterocycles. The first-order chi connectivity index (χ1) is 15.8. The fourth-order valence-electron chi connectivity index (χ4n) is 3.83. The van der Waals surface area contributed by atoms with Crippen LogP contribution in [-0.2, 0) is 34.3 Å². The van der Waals surface area contributed by atoms with Crippen LogP contribution in [0.4, 0.5) is 5.13 Å². The molecule has 1 aliphatic rings. The Hall–Kier alpha value is -2.59. The van der Waals surface area contributed by atoms with Gasteiger partial charge >= 0.3 is 0 Å². The second-order valence-corrected chi connectivity index (χ2v) is 11.1. The maximum absolute atomic E-state index is 12.6. The Morgan fingerprint density at radius 2 is 1.94 bits per heavy atom. The van der Waals surface area contributed by atoms with Crippen LogP contribution in [0.25, 0.3) is 0 Å². The minimum atomic E-state index is -3.66. The highest BCUT2D eigenvalue weighted by atomic mass is 32.2. The maximum Gasteiger partial charge on any atom is 0.240 e. The van der Waals surface area contributed by atoms with Gasteiger partial charge in [0.05, 0.1) is 10.6 Å². The van der Waals surface area contributed by atoms with Crippen molar-refractivity contribution in [1.29, 1.82) is 0 Å². The van der Waals surface area contributed by atoms with E-state index in [-0.39, 0.29) is 23.8 Å². The number of fused-ring (bicyclic) bond motifs is 1. The summed E-state index contributed by atoms with van der Waals surface area (Å²) in [5.74, 6) is -0.258. The third kappa shape index (κ3) is 6.05. The molecule has 2 heterocycles. The molecule has 0 spiro atoms. The van der Waals surface area contributed by atoms with E-state index < -0.39 is 10.0 Å². The molecule has 0 bridgehead atoms. The van der Waals surface area contributed by atoms with Crippen LogP contribution in [0, 0.1) is 13.8 Å². The van der Waals surface area contributed by atoms with E-state index in [1.165, 1.54) is 21.8 Å². The van der Waals surface area contributed by atoms with E-state index >= 15 is 0 Å². The monoisotopic (exact) mass is 484 g/mol. The van der Waals surface area contributed by atoms with Crippen LogP contribution in [0.2, 0.25) is 0 Å². The summed E-state index contributed by atoms with van der Waals surface area (Å²) in [6, 6.07) is 15.7. The molecule has 33 heavy (non-hydrogen) atoms. The molecular formula is C24H28N4O3S2. The van der Waals surface area contributed by atoms with Gasteiger partial charge in [-0.15, -0.1) is 11.3 Å². The zero-order valence-corrected chi connectivity index (χ0v) is 20.4. The lowest BCUT2D eigenvalue weighted by atomic mass is 10.1. The first-order valence-corrected chi connectivity index (χ1v) is 13.2. The molecule has 0 unspecified atom stereocenters. The van der Waals surface area contributed by atoms with Crippen molar-refractivity contribution in [3.8, 4) is 0 Å². The fourth-order valence-corrected chi connectivity index (χ4v) is 6.26. The molecule has 2 aromatic carbocycles. The third-order valence-electron chi connectivity index (χ3n) is 5.58. The molecule has 174 valence electrons. The Kier molecular flexibility index (Phi) is 7.23. The first kappa shape index (κ1) is 23.6. The van der Waals surface area contributed by atoms with Gasteiger partial charge in [-0.2, -0.15) is 0 Å². The Morgan fingerprint density at radius 1 is 1.15 bits per heavy atom. The van der Waals surface area contributed by atoms with Crippen LogP contribution in [0.3, 0.4) is 0 Å². The lowest BCUT2D eigenvalue weighted by Gasteiger charge is -2.25. The number of hydrogen-bond donors (Lipinski definition) is 2. The van der Waals surface area contributed by atoms with Crippen LogP contribution in [0.15, 0.2) is 53.4 Å². The lowest BCUT2D eigenvalue weighted by Crippen LogP contribution is -2.29. The van der Waals surface area contributed by atoms with Crippen molar-refractivity contribution in [2.45, 2.75) is 44.7 Å². The summed E-state index contributed by atoms with van der Waals surface area (Å²) in [5.41, 5.74) is 3.86. The summed E-state index contributed by atoms with van der Waals surface area (Å²) in [6.45, 7) is 6.26. The summed E-state index contributed by atoms with van der Waals surface area (Å²) < 4.78 is 27.7. The zero-order chi connectivity index (χ0) is 23.4. The number of carbonyl (C=O) groups is 1. The fraction of sp³-hybridized carbons (Fsp3) is 0.333. The number of nitrogens with zero attached hydrogens (tertiary/aromatic N) is 2. The maximum atomic E-state index is 12.6. The number of aryl methyl sites for hydroxylation is 2. The largest absolute Gasteiger partial charge is 0.302 e. The Labute approximate surface area is 198 Å². The highest BCUT2D eigenvalue weighted by Crippen LogP contribution is 2.29. The van der Waals surface area contributed by atoms with Crippen molar-refractivity contribution in [2.24, 2.45) is 0 Å². The number of amides is 1. The van der Waals surface area contributed by atoms with Gasteiger partial charge in [-0.05, 0) is 36.6 Å². The van der Waals surface area contributed by atoms with Gasteiger partial charge in [-0.25, -0.2) is 18.1 Å². The average Bonchev–Trinajstić information content (AvgIpc) is 3.17. The van der Waals surface area contributed by atoms with Crippen LogP contribution in [0.5, 0.6) is 0 Å². The number of aromatic nitrogens is 1. The molecule has 1 aromatic heterocycles. The van der Waals surface area contributed by atoms with Gasteiger partial charge in [-0.3, -0.25) is 9.69 Å². The van der Waals surface area contributed by atoms with Crippen molar-refractivity contribution < 1.29 is 13.2 Å². The Morgan fingerprint density at radius 3 is 2.73 bits per heavy atom. The van der Waals surface area contributed by atoms with E-state index in [1.54, 1.807) is 19.1 Å². The lowest BCUT2D eigenvalue weighted by molar-refractivity contribution is -0.116. The number of rotatable bonds is 8. The van der Waals surface area contributed by atoms with Crippen molar-refractivity contribution in [3.05, 3.63) is 75.8 Å². The standard InChI is InChI=1S/C24H28N4O3S2/c1-17-8-9-18(2)22(14-17)33(30,31)25-12-10-23(29)27-24-26-20-11-13-28(16-21(20)32-24)15-19-6-4-3-5-7-19/h3-9,14,25H,10-13,15-16H2,1-2H3,(H,26,27,29). The van der Waals surface area contributed by atoms with Crippen LogP contribution in [-0.4, -0.2) is 37.3 Å². The molecule has 0 aliphatic carbocycles. The molecule has 0 fully saturated rings. The number of hydrogen-bond acceptors (Lipinski definition) is 6. The summed E-state index contributed by atoms with van der Waals surface area (Å²) >= 11 is 1.49. The molecule has 0 radical (unpaired) electrons. The van der Waals surface area contributed by atoms with Gasteiger partial charge in [0, 0.05) is 43.9 Å². The minimum Gasteiger partial charge on any atom is -0.302 e. The summed E-state index contributed by atoms with van der Waals surface area (Å²) in [4.78, 5) is 20.8. The van der Waals surface area contributed by atoms with Crippen LogP contribution >= 0.6 is 11.3 Å². The van der Waals surface area contributed by atoms with Gasteiger partial charge < -0.3 is 5.32 Å². The molecule has 4 rings (SSSR count). The van der Waals surface area contributed by atoms with Crippen molar-refractivity contribution in [3.63, 3.8) is 0 Å². The van der Waals surface area contributed by atoms with Gasteiger partial charge in [-0.1, -0.05) is 42.5 Å². The van der Waals surface area contributed by atoms with E-state index in [4.69, 9.17) is 0 Å². The molecule has 0 saturated carbocycles. The number of sulfonamides is 1. The predicted molar refractivity (Wildman–Crippen MR) is 131 cm³/mol. The molecule has 9 heteroatoms. The summed E-state index contributed by atoms with van der Waals surface area (Å²) in [6.07, 6.45) is 0.888. The normalized spacial score (nSPS) is 14.1. The summed E-state index contributed by atoms with van der Waals surface area (Å²) in [5, 5.41) is 3.40. The van der Waals surface area contributed by atoms with E-state index in [1.807, 2.05) is 31.2 Å². The van der Waals surface area contributed by atoms with Crippen molar-refractivity contribution in [1.82, 2.24) is 14.6 Å². The van der Waals surface area contributed by atoms with Crippen LogP contribution < -0.4 is 10.0 Å². The van der Waals surface area contributed by atoms with Crippen molar-refractivity contribution in [2.75, 3.05) is 18.4 Å². The molecular weight excluding hydrogens is 456 g/mol. The van der Waals surface area contributed by atoms with Gasteiger partial charge in [0.25, 0.3) is 0 Å². The SMILES string of the molecule is Cc1ccc(C)c(S(=O)(=O)NCCC(=O)Nc2nc3c(s2)CN(Cc2ccccc2)CC3)c1. The van der Waals surface area contributed by atoms with Gasteiger partial charge in [0.1, 0.15) is 0 Å². The molecule has 2 N–H and O–H groups in total. The summed E-state index contributed by atoms with van der Waals surface area (Å²) in [7, 11) is -3.66. The van der Waals surface area contributed by atoms with E-state index in [0.29, 0.717) is 10.7 Å². The van der Waals surface area contributed by atoms with E-state index in [0.717, 1.165) is 37.3 Å². The van der Waals surface area contributed by atoms with Gasteiger partial charge in [0.15, 0.2) is 5.13 Å². The van der Waals surface area contributed by atoms with E-state index in [9.17, 15) is 13.2 Å². The minimum absolute atomic E-state index is 0.0253. The van der Waals surface area contributed by atoms with E-state index in [2.05, 4.69) is 32.1 Å². The second kappa shape index (κ2) is 10.1. The number of anilines is 1. The first-order valence-electron chi connectivity index (χ1n) is 10.9. The highest BCUT2D eigenvalue weighted by molar-refractivity contribution is 7.89. The molecule has 0 atom stereocenters. The smallest absolute Gasteiger partial charge is 0.240 e. The van der Waals surface area contributed by atoms with Crippen LogP contribution in [0.1, 0.15) is 33.7 Å². The predicted octanol–water partition coefficient (Wildman–Crippen LogP) is 3.63. The number of nitrogens with one attached hydrogen (secondary N) is 2. The van der Waals surface area contributed by atoms with Gasteiger partial charge in [0.2, 0.25) is 15.9 Å². The highest BCUT2D eigenvalue weighted by Gasteiger charge is 2.22. The Bertz CT molecular complexity index is 1240. The molecule has 0 saturated heterocycles. The Balaban J connectivity index is 1.29.